The topological polar surface area (TPSA) is 58.5 Å². The zero-order valence-corrected chi connectivity index (χ0v) is 16.4. The fourth-order valence-corrected chi connectivity index (χ4v) is 2.19. The SMILES string of the molecule is CN=C(NCc1ccc(Oc2ccc(F)cc2)nc1)NCC(C)(C)SC. The van der Waals surface area contributed by atoms with Gasteiger partial charge < -0.3 is 15.4 Å². The average Bonchev–Trinajstić information content (AvgIpc) is 2.65. The van der Waals surface area contributed by atoms with E-state index < -0.39 is 0 Å². The van der Waals surface area contributed by atoms with E-state index in [1.165, 1.54) is 12.1 Å². The molecule has 26 heavy (non-hydrogen) atoms. The third-order valence-electron chi connectivity index (χ3n) is 3.75. The summed E-state index contributed by atoms with van der Waals surface area (Å²) in [6.07, 6.45) is 3.84. The van der Waals surface area contributed by atoms with Gasteiger partial charge in [-0.15, -0.1) is 0 Å². The van der Waals surface area contributed by atoms with Crippen molar-refractivity contribution in [2.45, 2.75) is 25.1 Å². The first kappa shape index (κ1) is 20.0. The Morgan fingerprint density at radius 1 is 1.19 bits per heavy atom. The number of hydrogen-bond acceptors (Lipinski definition) is 4. The number of nitrogens with zero attached hydrogens (tertiary/aromatic N) is 2. The van der Waals surface area contributed by atoms with E-state index in [1.54, 1.807) is 31.4 Å². The number of guanidine groups is 1. The molecule has 0 bridgehead atoms. The van der Waals surface area contributed by atoms with Crippen LogP contribution in [0.5, 0.6) is 11.6 Å². The molecule has 0 saturated heterocycles. The van der Waals surface area contributed by atoms with Crippen molar-refractivity contribution >= 4 is 17.7 Å². The minimum absolute atomic E-state index is 0.137. The molecule has 140 valence electrons. The highest BCUT2D eigenvalue weighted by atomic mass is 32.2. The Morgan fingerprint density at radius 2 is 1.92 bits per heavy atom. The molecule has 2 rings (SSSR count). The Bertz CT molecular complexity index is 717. The molecule has 7 heteroatoms. The Hall–Kier alpha value is -2.28. The number of benzene rings is 1. The van der Waals surface area contributed by atoms with Crippen LogP contribution in [-0.4, -0.2) is 35.5 Å². The third kappa shape index (κ3) is 6.55. The van der Waals surface area contributed by atoms with Gasteiger partial charge in [-0.1, -0.05) is 6.07 Å². The summed E-state index contributed by atoms with van der Waals surface area (Å²) >= 11 is 1.81. The van der Waals surface area contributed by atoms with Gasteiger partial charge in [-0.25, -0.2) is 9.37 Å². The van der Waals surface area contributed by atoms with E-state index in [9.17, 15) is 4.39 Å². The fourth-order valence-electron chi connectivity index (χ4n) is 1.97. The summed E-state index contributed by atoms with van der Waals surface area (Å²) < 4.78 is 18.6. The number of pyridine rings is 1. The second-order valence-electron chi connectivity index (χ2n) is 6.30. The minimum Gasteiger partial charge on any atom is -0.439 e. The van der Waals surface area contributed by atoms with Crippen molar-refractivity contribution in [3.63, 3.8) is 0 Å². The van der Waals surface area contributed by atoms with Crippen molar-refractivity contribution < 1.29 is 9.13 Å². The lowest BCUT2D eigenvalue weighted by Gasteiger charge is -2.23. The van der Waals surface area contributed by atoms with Crippen LogP contribution < -0.4 is 15.4 Å². The number of thioether (sulfide) groups is 1. The van der Waals surface area contributed by atoms with Crippen LogP contribution in [-0.2, 0) is 6.54 Å². The lowest BCUT2D eigenvalue weighted by atomic mass is 10.2. The van der Waals surface area contributed by atoms with Crippen molar-refractivity contribution in [3.8, 4) is 11.6 Å². The molecule has 0 unspecified atom stereocenters. The number of rotatable bonds is 7. The maximum Gasteiger partial charge on any atom is 0.219 e. The monoisotopic (exact) mass is 376 g/mol. The van der Waals surface area contributed by atoms with Gasteiger partial charge in [0, 0.05) is 37.1 Å². The molecule has 2 N–H and O–H groups in total. The summed E-state index contributed by atoms with van der Waals surface area (Å²) in [6, 6.07) is 9.55. The average molecular weight is 377 g/mol. The van der Waals surface area contributed by atoms with Crippen LogP contribution in [0, 0.1) is 5.82 Å². The number of aromatic nitrogens is 1. The molecule has 0 atom stereocenters. The van der Waals surface area contributed by atoms with Gasteiger partial charge in [-0.05, 0) is 49.9 Å². The molecule has 5 nitrogen and oxygen atoms in total. The van der Waals surface area contributed by atoms with E-state index in [-0.39, 0.29) is 10.6 Å². The maximum absolute atomic E-state index is 12.9. The van der Waals surface area contributed by atoms with E-state index in [0.29, 0.717) is 18.2 Å². The molecule has 1 aromatic heterocycles. The second-order valence-corrected chi connectivity index (χ2v) is 7.82. The molecule has 0 aliphatic heterocycles. The molecular formula is C19H25FN4OS. The first-order valence-electron chi connectivity index (χ1n) is 8.30. The standard InChI is InChI=1S/C19H25FN4OS/c1-19(2,26-4)13-24-18(21-3)23-12-14-5-10-17(22-11-14)25-16-8-6-15(20)7-9-16/h5-11H,12-13H2,1-4H3,(H2,21,23,24). The predicted molar refractivity (Wildman–Crippen MR) is 107 cm³/mol. The van der Waals surface area contributed by atoms with E-state index in [1.807, 2.05) is 17.8 Å². The van der Waals surface area contributed by atoms with Gasteiger partial charge in [-0.3, -0.25) is 4.99 Å². The number of ether oxygens (including phenoxy) is 1. The zero-order valence-electron chi connectivity index (χ0n) is 15.5. The van der Waals surface area contributed by atoms with Crippen LogP contribution in [0.25, 0.3) is 0 Å². The normalized spacial score (nSPS) is 12.0. The van der Waals surface area contributed by atoms with Crippen LogP contribution in [0.2, 0.25) is 0 Å². The van der Waals surface area contributed by atoms with E-state index in [0.717, 1.165) is 18.1 Å². The van der Waals surface area contributed by atoms with Crippen LogP contribution in [0.15, 0.2) is 47.6 Å². The van der Waals surface area contributed by atoms with E-state index >= 15 is 0 Å². The number of aliphatic imine (C=N–C) groups is 1. The van der Waals surface area contributed by atoms with Gasteiger partial charge in [-0.2, -0.15) is 11.8 Å². The van der Waals surface area contributed by atoms with Gasteiger partial charge in [0.25, 0.3) is 0 Å². The van der Waals surface area contributed by atoms with Crippen LogP contribution in [0.4, 0.5) is 4.39 Å². The molecule has 0 aliphatic rings. The van der Waals surface area contributed by atoms with Gasteiger partial charge in [0.1, 0.15) is 11.6 Å². The molecule has 0 saturated carbocycles. The Balaban J connectivity index is 1.85. The highest BCUT2D eigenvalue weighted by Gasteiger charge is 2.16. The second kappa shape index (κ2) is 9.43. The first-order chi connectivity index (χ1) is 12.4. The van der Waals surface area contributed by atoms with Crippen molar-refractivity contribution in [1.82, 2.24) is 15.6 Å². The highest BCUT2D eigenvalue weighted by molar-refractivity contribution is 7.99. The molecule has 1 heterocycles. The lowest BCUT2D eigenvalue weighted by Crippen LogP contribution is -2.42. The Labute approximate surface area is 158 Å². The summed E-state index contributed by atoms with van der Waals surface area (Å²) in [5.74, 6) is 1.46. The molecular weight excluding hydrogens is 351 g/mol. The lowest BCUT2D eigenvalue weighted by molar-refractivity contribution is 0.461. The molecule has 0 aliphatic carbocycles. The Morgan fingerprint density at radius 3 is 2.50 bits per heavy atom. The zero-order chi connectivity index (χ0) is 19.0. The largest absolute Gasteiger partial charge is 0.439 e. The molecule has 1 aromatic carbocycles. The van der Waals surface area contributed by atoms with Crippen LogP contribution in [0.1, 0.15) is 19.4 Å². The number of halogens is 1. The molecule has 2 aromatic rings. The van der Waals surface area contributed by atoms with Crippen LogP contribution >= 0.6 is 11.8 Å². The van der Waals surface area contributed by atoms with Crippen molar-refractivity contribution in [3.05, 3.63) is 54.0 Å². The van der Waals surface area contributed by atoms with Gasteiger partial charge in [0.05, 0.1) is 0 Å². The minimum atomic E-state index is -0.297. The number of nitrogens with one attached hydrogen (secondary N) is 2. The van der Waals surface area contributed by atoms with E-state index in [4.69, 9.17) is 4.74 Å². The smallest absolute Gasteiger partial charge is 0.219 e. The quantitative estimate of drug-likeness (QED) is 0.568. The Kier molecular flexibility index (Phi) is 7.26. The summed E-state index contributed by atoms with van der Waals surface area (Å²) in [6.45, 7) is 5.78. The van der Waals surface area contributed by atoms with Gasteiger partial charge in [0.15, 0.2) is 5.96 Å². The number of hydrogen-bond donors (Lipinski definition) is 2. The fraction of sp³-hybridized carbons (Fsp3) is 0.368. The molecule has 0 fully saturated rings. The highest BCUT2D eigenvalue weighted by Crippen LogP contribution is 2.20. The molecule has 0 amide bonds. The van der Waals surface area contributed by atoms with E-state index in [2.05, 4.69) is 40.7 Å². The van der Waals surface area contributed by atoms with Gasteiger partial charge >= 0.3 is 0 Å². The first-order valence-corrected chi connectivity index (χ1v) is 9.52. The molecule has 0 radical (unpaired) electrons. The van der Waals surface area contributed by atoms with Crippen LogP contribution in [0.3, 0.4) is 0 Å². The summed E-state index contributed by atoms with van der Waals surface area (Å²) in [5.41, 5.74) is 1.00. The summed E-state index contributed by atoms with van der Waals surface area (Å²) in [5, 5.41) is 6.59. The van der Waals surface area contributed by atoms with Gasteiger partial charge in [0.2, 0.25) is 5.88 Å². The summed E-state index contributed by atoms with van der Waals surface area (Å²) in [4.78, 5) is 8.51. The molecule has 0 spiro atoms. The maximum atomic E-state index is 12.9. The third-order valence-corrected chi connectivity index (χ3v) is 5.00. The summed E-state index contributed by atoms with van der Waals surface area (Å²) in [7, 11) is 1.75. The van der Waals surface area contributed by atoms with Crippen molar-refractivity contribution in [2.75, 3.05) is 19.8 Å². The predicted octanol–water partition coefficient (Wildman–Crippen LogP) is 3.82. The van der Waals surface area contributed by atoms with Crippen molar-refractivity contribution in [2.24, 2.45) is 4.99 Å². The van der Waals surface area contributed by atoms with Crippen molar-refractivity contribution in [1.29, 1.82) is 0 Å².